The lowest BCUT2D eigenvalue weighted by Crippen LogP contribution is -2.50. The lowest BCUT2D eigenvalue weighted by molar-refractivity contribution is -0.134. The molecule has 15 heavy (non-hydrogen) atoms. The van der Waals surface area contributed by atoms with Gasteiger partial charge in [0.05, 0.1) is 6.54 Å². The minimum absolute atomic E-state index is 0.0184. The van der Waals surface area contributed by atoms with Gasteiger partial charge in [-0.15, -0.1) is 0 Å². The van der Waals surface area contributed by atoms with Gasteiger partial charge in [0.15, 0.2) is 0 Å². The highest BCUT2D eigenvalue weighted by Crippen LogP contribution is 1.98. The summed E-state index contributed by atoms with van der Waals surface area (Å²) in [6, 6.07) is 0. The standard InChI is InChI=1S/C10H19N3O2/c1-3-9(14)11-8-10(15)13-6-4-12(2)5-7-13/h3-8H2,1-2H3,(H,11,14). The van der Waals surface area contributed by atoms with E-state index in [2.05, 4.69) is 10.2 Å². The second-order valence-electron chi connectivity index (χ2n) is 3.81. The van der Waals surface area contributed by atoms with Crippen LogP contribution in [0.25, 0.3) is 0 Å². The van der Waals surface area contributed by atoms with E-state index in [0.717, 1.165) is 26.2 Å². The molecule has 1 saturated heterocycles. The molecular formula is C10H19N3O2. The third-order valence-corrected chi connectivity index (χ3v) is 2.61. The number of piperazine rings is 1. The van der Waals surface area contributed by atoms with Crippen LogP contribution in [0.4, 0.5) is 0 Å². The highest BCUT2D eigenvalue weighted by molar-refractivity contribution is 5.84. The molecule has 86 valence electrons. The third-order valence-electron chi connectivity index (χ3n) is 2.61. The van der Waals surface area contributed by atoms with Gasteiger partial charge in [0.25, 0.3) is 0 Å². The Morgan fingerprint density at radius 2 is 1.80 bits per heavy atom. The third kappa shape index (κ3) is 3.87. The van der Waals surface area contributed by atoms with Crippen LogP contribution in [0.2, 0.25) is 0 Å². The molecule has 1 N–H and O–H groups in total. The van der Waals surface area contributed by atoms with E-state index in [9.17, 15) is 9.59 Å². The maximum atomic E-state index is 11.6. The van der Waals surface area contributed by atoms with Crippen molar-refractivity contribution in [1.82, 2.24) is 15.1 Å². The molecule has 1 rings (SSSR count). The topological polar surface area (TPSA) is 52.7 Å². The molecule has 0 atom stereocenters. The number of likely N-dealkylation sites (N-methyl/N-ethyl adjacent to an activating group) is 1. The number of amides is 2. The summed E-state index contributed by atoms with van der Waals surface area (Å²) in [6.45, 7) is 5.25. The summed E-state index contributed by atoms with van der Waals surface area (Å²) < 4.78 is 0. The van der Waals surface area contributed by atoms with E-state index >= 15 is 0 Å². The number of nitrogens with one attached hydrogen (secondary N) is 1. The maximum absolute atomic E-state index is 11.6. The quantitative estimate of drug-likeness (QED) is 0.673. The summed E-state index contributed by atoms with van der Waals surface area (Å²) in [5.41, 5.74) is 0. The molecule has 5 heteroatoms. The highest BCUT2D eigenvalue weighted by Gasteiger charge is 2.18. The number of hydrogen-bond donors (Lipinski definition) is 1. The van der Waals surface area contributed by atoms with Gasteiger partial charge in [-0.3, -0.25) is 9.59 Å². The fraction of sp³-hybridized carbons (Fsp3) is 0.800. The fourth-order valence-corrected chi connectivity index (χ4v) is 1.47. The second-order valence-corrected chi connectivity index (χ2v) is 3.81. The number of rotatable bonds is 3. The molecule has 0 unspecified atom stereocenters. The molecule has 5 nitrogen and oxygen atoms in total. The Hall–Kier alpha value is -1.10. The van der Waals surface area contributed by atoms with Gasteiger partial charge in [-0.05, 0) is 7.05 Å². The summed E-state index contributed by atoms with van der Waals surface area (Å²) in [7, 11) is 2.04. The molecule has 0 saturated carbocycles. The normalized spacial score (nSPS) is 17.6. The lowest BCUT2D eigenvalue weighted by atomic mass is 10.3. The second kappa shape index (κ2) is 5.70. The average Bonchev–Trinajstić information content (AvgIpc) is 2.26. The van der Waals surface area contributed by atoms with Crippen molar-refractivity contribution >= 4 is 11.8 Å². The minimum atomic E-state index is -0.0718. The number of hydrogen-bond acceptors (Lipinski definition) is 3. The fourth-order valence-electron chi connectivity index (χ4n) is 1.47. The molecule has 0 spiro atoms. The summed E-state index contributed by atoms with van der Waals surface area (Å²) in [4.78, 5) is 26.6. The van der Waals surface area contributed by atoms with E-state index in [4.69, 9.17) is 0 Å². The maximum Gasteiger partial charge on any atom is 0.242 e. The number of nitrogens with zero attached hydrogens (tertiary/aromatic N) is 2. The first-order chi connectivity index (χ1) is 7.13. The van der Waals surface area contributed by atoms with Crippen molar-refractivity contribution in [2.75, 3.05) is 39.8 Å². The molecule has 0 aromatic heterocycles. The molecule has 1 aliphatic heterocycles. The first-order valence-corrected chi connectivity index (χ1v) is 5.36. The molecule has 1 fully saturated rings. The predicted molar refractivity (Wildman–Crippen MR) is 57.4 cm³/mol. The monoisotopic (exact) mass is 213 g/mol. The van der Waals surface area contributed by atoms with Crippen LogP contribution in [0.1, 0.15) is 13.3 Å². The van der Waals surface area contributed by atoms with Gasteiger partial charge in [0, 0.05) is 32.6 Å². The average molecular weight is 213 g/mol. The van der Waals surface area contributed by atoms with Crippen LogP contribution in [-0.2, 0) is 9.59 Å². The Labute approximate surface area is 90.4 Å². The summed E-state index contributed by atoms with van der Waals surface area (Å²) in [6.07, 6.45) is 0.427. The van der Waals surface area contributed by atoms with Crippen LogP contribution >= 0.6 is 0 Å². The Morgan fingerprint density at radius 3 is 2.33 bits per heavy atom. The smallest absolute Gasteiger partial charge is 0.242 e. The van der Waals surface area contributed by atoms with Crippen LogP contribution in [0.3, 0.4) is 0 Å². The molecule has 1 aliphatic rings. The molecule has 1 heterocycles. The summed E-state index contributed by atoms with van der Waals surface area (Å²) >= 11 is 0. The Kier molecular flexibility index (Phi) is 4.55. The van der Waals surface area contributed by atoms with E-state index < -0.39 is 0 Å². The van der Waals surface area contributed by atoms with Gasteiger partial charge >= 0.3 is 0 Å². The largest absolute Gasteiger partial charge is 0.347 e. The van der Waals surface area contributed by atoms with Gasteiger partial charge in [-0.2, -0.15) is 0 Å². The molecule has 0 aromatic carbocycles. The number of carbonyl (C=O) groups excluding carboxylic acids is 2. The lowest BCUT2D eigenvalue weighted by Gasteiger charge is -2.32. The van der Waals surface area contributed by atoms with E-state index in [-0.39, 0.29) is 18.4 Å². The molecule has 2 amide bonds. The highest BCUT2D eigenvalue weighted by atomic mass is 16.2. The van der Waals surface area contributed by atoms with Gasteiger partial charge in [-0.25, -0.2) is 0 Å². The van der Waals surface area contributed by atoms with Gasteiger partial charge in [0.1, 0.15) is 0 Å². The predicted octanol–water partition coefficient (Wildman–Crippen LogP) is -0.713. The van der Waals surface area contributed by atoms with Crippen LogP contribution < -0.4 is 5.32 Å². The first-order valence-electron chi connectivity index (χ1n) is 5.36. The van der Waals surface area contributed by atoms with Crippen molar-refractivity contribution in [1.29, 1.82) is 0 Å². The van der Waals surface area contributed by atoms with Gasteiger partial charge in [0.2, 0.25) is 11.8 Å². The molecule has 0 aliphatic carbocycles. The summed E-state index contributed by atoms with van der Waals surface area (Å²) in [5.74, 6) is -0.0534. The molecule has 0 radical (unpaired) electrons. The van der Waals surface area contributed by atoms with Crippen molar-refractivity contribution in [3.05, 3.63) is 0 Å². The van der Waals surface area contributed by atoms with Crippen LogP contribution in [-0.4, -0.2) is 61.4 Å². The van der Waals surface area contributed by atoms with E-state index in [0.29, 0.717) is 6.42 Å². The summed E-state index contributed by atoms with van der Waals surface area (Å²) in [5, 5.41) is 2.60. The van der Waals surface area contributed by atoms with Crippen LogP contribution in [0.15, 0.2) is 0 Å². The van der Waals surface area contributed by atoms with Crippen molar-refractivity contribution in [3.63, 3.8) is 0 Å². The van der Waals surface area contributed by atoms with Crippen LogP contribution in [0.5, 0.6) is 0 Å². The van der Waals surface area contributed by atoms with Crippen molar-refractivity contribution < 1.29 is 9.59 Å². The van der Waals surface area contributed by atoms with Crippen molar-refractivity contribution in [2.45, 2.75) is 13.3 Å². The van der Waals surface area contributed by atoms with E-state index in [1.54, 1.807) is 11.8 Å². The van der Waals surface area contributed by atoms with Gasteiger partial charge < -0.3 is 15.1 Å². The molecule has 0 bridgehead atoms. The zero-order valence-corrected chi connectivity index (χ0v) is 9.45. The molecular weight excluding hydrogens is 194 g/mol. The first kappa shape index (κ1) is 12.0. The van der Waals surface area contributed by atoms with Gasteiger partial charge in [-0.1, -0.05) is 6.92 Å². The molecule has 0 aromatic rings. The Morgan fingerprint density at radius 1 is 1.20 bits per heavy atom. The van der Waals surface area contributed by atoms with Crippen molar-refractivity contribution in [2.24, 2.45) is 0 Å². The van der Waals surface area contributed by atoms with Crippen LogP contribution in [0, 0.1) is 0 Å². The SMILES string of the molecule is CCC(=O)NCC(=O)N1CCN(C)CC1. The Bertz CT molecular complexity index is 235. The van der Waals surface area contributed by atoms with Crippen molar-refractivity contribution in [3.8, 4) is 0 Å². The van der Waals surface area contributed by atoms with E-state index in [1.165, 1.54) is 0 Å². The zero-order chi connectivity index (χ0) is 11.3. The Balaban J connectivity index is 2.25. The minimum Gasteiger partial charge on any atom is -0.347 e. The van der Waals surface area contributed by atoms with E-state index in [1.807, 2.05) is 7.05 Å². The number of carbonyl (C=O) groups is 2. The zero-order valence-electron chi connectivity index (χ0n) is 9.45.